The highest BCUT2D eigenvalue weighted by Gasteiger charge is 2.74. The fraction of sp³-hybridized carbons (Fsp3) is 0.235. The van der Waals surface area contributed by atoms with Gasteiger partial charge in [-0.15, -0.1) is 0 Å². The fourth-order valence-corrected chi connectivity index (χ4v) is 5.63. The van der Waals surface area contributed by atoms with E-state index < -0.39 is 32.5 Å². The van der Waals surface area contributed by atoms with E-state index in [4.69, 9.17) is 15.2 Å². The summed E-state index contributed by atoms with van der Waals surface area (Å²) in [5.74, 6) is -1.23. The van der Waals surface area contributed by atoms with E-state index in [0.29, 0.717) is 17.1 Å². The number of carboxylic acids is 1. The van der Waals surface area contributed by atoms with Gasteiger partial charge in [0.2, 0.25) is 6.79 Å². The van der Waals surface area contributed by atoms with Crippen LogP contribution in [0.15, 0.2) is 53.4 Å². The van der Waals surface area contributed by atoms with E-state index in [1.165, 1.54) is 12.1 Å². The Kier molecular flexibility index (Phi) is 3.32. The van der Waals surface area contributed by atoms with Crippen molar-refractivity contribution in [3.05, 3.63) is 54.1 Å². The van der Waals surface area contributed by atoms with Crippen LogP contribution in [0.3, 0.4) is 0 Å². The summed E-state index contributed by atoms with van der Waals surface area (Å²) in [6.45, 7) is 0.0713. The lowest BCUT2D eigenvalue weighted by atomic mass is 10.1. The Morgan fingerprint density at radius 2 is 1.80 bits per heavy atom. The highest BCUT2D eigenvalue weighted by atomic mass is 32.2. The van der Waals surface area contributed by atoms with Gasteiger partial charge < -0.3 is 20.3 Å². The van der Waals surface area contributed by atoms with E-state index in [2.05, 4.69) is 0 Å². The van der Waals surface area contributed by atoms with E-state index in [1.54, 1.807) is 36.4 Å². The molecular formula is C17H15NO6S. The SMILES string of the molecule is N[C@@]1(C(=O)O)[C@H](c2ccc3c(c2)OCO3)[C@@H]1S(=O)(=O)c1ccccc1. The number of fused-ring (bicyclic) bond motifs is 1. The summed E-state index contributed by atoms with van der Waals surface area (Å²) in [4.78, 5) is 11.8. The van der Waals surface area contributed by atoms with Crippen molar-refractivity contribution < 1.29 is 27.8 Å². The third kappa shape index (κ3) is 2.21. The average Bonchev–Trinajstić information content (AvgIpc) is 3.01. The van der Waals surface area contributed by atoms with Gasteiger partial charge in [-0.25, -0.2) is 8.42 Å². The lowest BCUT2D eigenvalue weighted by Crippen LogP contribution is -2.39. The Hall–Kier alpha value is -2.58. The number of benzene rings is 2. The Morgan fingerprint density at radius 3 is 2.48 bits per heavy atom. The summed E-state index contributed by atoms with van der Waals surface area (Å²) in [6, 6.07) is 12.6. The number of nitrogens with two attached hydrogens (primary N) is 1. The molecule has 0 saturated heterocycles. The zero-order valence-electron chi connectivity index (χ0n) is 13.0. The highest BCUT2D eigenvalue weighted by Crippen LogP contribution is 2.56. The molecule has 1 aliphatic heterocycles. The molecule has 8 heteroatoms. The summed E-state index contributed by atoms with van der Waals surface area (Å²) in [5.41, 5.74) is 4.64. The number of sulfone groups is 1. The minimum Gasteiger partial charge on any atom is -0.480 e. The van der Waals surface area contributed by atoms with Crippen LogP contribution in [0.25, 0.3) is 0 Å². The monoisotopic (exact) mass is 361 g/mol. The minimum atomic E-state index is -3.91. The van der Waals surface area contributed by atoms with Crippen LogP contribution in [-0.4, -0.2) is 37.1 Å². The fourth-order valence-electron chi connectivity index (χ4n) is 3.38. The molecule has 0 bridgehead atoms. The van der Waals surface area contributed by atoms with Gasteiger partial charge in [0.1, 0.15) is 10.8 Å². The standard InChI is InChI=1S/C17H15NO6S/c18-17(16(19)20)14(10-6-7-12-13(8-10)24-9-23-12)15(17)25(21,22)11-4-2-1-3-5-11/h1-8,14-15H,9,18H2,(H,19,20)/t14-,15+,17+/m1/s1. The second-order valence-corrected chi connectivity index (χ2v) is 8.18. The molecule has 130 valence electrons. The summed E-state index contributed by atoms with van der Waals surface area (Å²) in [5, 5.41) is 8.32. The topological polar surface area (TPSA) is 116 Å². The van der Waals surface area contributed by atoms with Crippen LogP contribution in [0.2, 0.25) is 0 Å². The van der Waals surface area contributed by atoms with Gasteiger partial charge in [-0.05, 0) is 29.8 Å². The first-order valence-electron chi connectivity index (χ1n) is 7.57. The van der Waals surface area contributed by atoms with Gasteiger partial charge in [-0.1, -0.05) is 24.3 Å². The predicted octanol–water partition coefficient (Wildman–Crippen LogP) is 1.14. The van der Waals surface area contributed by atoms with Crippen molar-refractivity contribution in [3.8, 4) is 11.5 Å². The van der Waals surface area contributed by atoms with Crippen LogP contribution >= 0.6 is 0 Å². The average molecular weight is 361 g/mol. The van der Waals surface area contributed by atoms with E-state index >= 15 is 0 Å². The van der Waals surface area contributed by atoms with Crippen LogP contribution in [0.4, 0.5) is 0 Å². The molecular weight excluding hydrogens is 346 g/mol. The number of ether oxygens (including phenoxy) is 2. The first-order chi connectivity index (χ1) is 11.9. The lowest BCUT2D eigenvalue weighted by Gasteiger charge is -2.06. The van der Waals surface area contributed by atoms with Crippen molar-refractivity contribution in [1.82, 2.24) is 0 Å². The second-order valence-electron chi connectivity index (χ2n) is 6.11. The van der Waals surface area contributed by atoms with E-state index in [0.717, 1.165) is 0 Å². The predicted molar refractivity (Wildman–Crippen MR) is 87.3 cm³/mol. The molecule has 1 fully saturated rings. The van der Waals surface area contributed by atoms with Crippen LogP contribution in [0.1, 0.15) is 11.5 Å². The molecule has 0 amide bonds. The van der Waals surface area contributed by atoms with Crippen molar-refractivity contribution in [3.63, 3.8) is 0 Å². The normalized spacial score (nSPS) is 27.1. The maximum Gasteiger partial charge on any atom is 0.325 e. The molecule has 0 spiro atoms. The van der Waals surface area contributed by atoms with Gasteiger partial charge >= 0.3 is 5.97 Å². The number of hydrogen-bond donors (Lipinski definition) is 2. The van der Waals surface area contributed by atoms with E-state index in [1.807, 2.05) is 0 Å². The van der Waals surface area contributed by atoms with Crippen molar-refractivity contribution >= 4 is 15.8 Å². The summed E-state index contributed by atoms with van der Waals surface area (Å²) >= 11 is 0. The van der Waals surface area contributed by atoms with Gasteiger partial charge in [0.25, 0.3) is 0 Å². The summed E-state index contributed by atoms with van der Waals surface area (Å²) in [7, 11) is -3.91. The lowest BCUT2D eigenvalue weighted by molar-refractivity contribution is -0.139. The van der Waals surface area contributed by atoms with Gasteiger partial charge in [-0.2, -0.15) is 0 Å². The number of rotatable bonds is 4. The molecule has 0 radical (unpaired) electrons. The molecule has 0 unspecified atom stereocenters. The number of hydrogen-bond acceptors (Lipinski definition) is 6. The third-order valence-corrected chi connectivity index (χ3v) is 6.97. The van der Waals surface area contributed by atoms with Crippen LogP contribution in [0, 0.1) is 0 Å². The van der Waals surface area contributed by atoms with Gasteiger partial charge in [0.15, 0.2) is 21.3 Å². The van der Waals surface area contributed by atoms with Crippen LogP contribution < -0.4 is 15.2 Å². The first kappa shape index (κ1) is 15.9. The van der Waals surface area contributed by atoms with Crippen molar-refractivity contribution in [2.75, 3.05) is 6.79 Å². The quantitative estimate of drug-likeness (QED) is 0.839. The number of carbonyl (C=O) groups is 1. The van der Waals surface area contributed by atoms with E-state index in [-0.39, 0.29) is 11.7 Å². The molecule has 3 N–H and O–H groups in total. The molecule has 7 nitrogen and oxygen atoms in total. The Labute approximate surface area is 143 Å². The maximum atomic E-state index is 12.9. The molecule has 3 atom stereocenters. The third-order valence-electron chi connectivity index (χ3n) is 4.71. The van der Waals surface area contributed by atoms with Crippen molar-refractivity contribution in [1.29, 1.82) is 0 Å². The zero-order chi connectivity index (χ0) is 17.8. The number of carboxylic acid groups (broad SMARTS) is 1. The van der Waals surface area contributed by atoms with Crippen molar-refractivity contribution in [2.45, 2.75) is 21.6 Å². The molecule has 25 heavy (non-hydrogen) atoms. The molecule has 1 aliphatic carbocycles. The molecule has 0 aromatic heterocycles. The Bertz CT molecular complexity index is 958. The molecule has 2 aromatic rings. The first-order valence-corrected chi connectivity index (χ1v) is 9.12. The number of aliphatic carboxylic acids is 1. The zero-order valence-corrected chi connectivity index (χ0v) is 13.8. The molecule has 2 aromatic carbocycles. The summed E-state index contributed by atoms with van der Waals surface area (Å²) < 4.78 is 36.4. The van der Waals surface area contributed by atoms with E-state index in [9.17, 15) is 18.3 Å². The van der Waals surface area contributed by atoms with Crippen LogP contribution in [-0.2, 0) is 14.6 Å². The largest absolute Gasteiger partial charge is 0.480 e. The molecule has 1 saturated carbocycles. The molecule has 2 aliphatic rings. The van der Waals surface area contributed by atoms with Gasteiger partial charge in [0, 0.05) is 5.92 Å². The minimum absolute atomic E-state index is 0.0549. The summed E-state index contributed by atoms with van der Waals surface area (Å²) in [6.07, 6.45) is 0. The van der Waals surface area contributed by atoms with Gasteiger partial charge in [0.05, 0.1) is 4.90 Å². The Morgan fingerprint density at radius 1 is 1.12 bits per heavy atom. The van der Waals surface area contributed by atoms with Gasteiger partial charge in [-0.3, -0.25) is 4.79 Å². The Balaban J connectivity index is 1.78. The maximum absolute atomic E-state index is 12.9. The second kappa shape index (κ2) is 5.21. The van der Waals surface area contributed by atoms with Crippen molar-refractivity contribution in [2.24, 2.45) is 5.73 Å². The molecule has 1 heterocycles. The smallest absolute Gasteiger partial charge is 0.325 e. The highest BCUT2D eigenvalue weighted by molar-refractivity contribution is 7.92. The van der Waals surface area contributed by atoms with Crippen LogP contribution in [0.5, 0.6) is 11.5 Å². The molecule has 4 rings (SSSR count).